The molecule has 0 radical (unpaired) electrons. The first-order valence-electron chi connectivity index (χ1n) is 10.5. The second-order valence-electron chi connectivity index (χ2n) is 7.76. The second kappa shape index (κ2) is 9.08. The fourth-order valence-corrected chi connectivity index (χ4v) is 3.56. The fraction of sp³-hybridized carbons (Fsp3) is 0.280. The predicted molar refractivity (Wildman–Crippen MR) is 122 cm³/mol. The monoisotopic (exact) mass is 417 g/mol. The molecule has 0 saturated carbocycles. The van der Waals surface area contributed by atoms with Gasteiger partial charge in [0, 0.05) is 35.5 Å². The van der Waals surface area contributed by atoms with Gasteiger partial charge in [-0.1, -0.05) is 29.8 Å². The average molecular weight is 418 g/mol. The van der Waals surface area contributed by atoms with Gasteiger partial charge in [0.15, 0.2) is 11.5 Å². The third-order valence-electron chi connectivity index (χ3n) is 5.31. The highest BCUT2D eigenvalue weighted by molar-refractivity contribution is 6.02. The quantitative estimate of drug-likeness (QED) is 0.613. The number of fused-ring (bicyclic) bond motifs is 1. The molecule has 1 aliphatic heterocycles. The molecule has 0 bridgehead atoms. The number of carbonyl (C=O) groups is 1. The van der Waals surface area contributed by atoms with Crippen LogP contribution in [0.4, 0.5) is 5.69 Å². The number of ether oxygens (including phenoxy) is 2. The maximum absolute atomic E-state index is 12.5. The van der Waals surface area contributed by atoms with Gasteiger partial charge in [0.25, 0.3) is 0 Å². The molecule has 0 atom stereocenters. The van der Waals surface area contributed by atoms with E-state index in [2.05, 4.69) is 41.6 Å². The van der Waals surface area contributed by atoms with E-state index >= 15 is 0 Å². The Morgan fingerprint density at radius 2 is 1.81 bits per heavy atom. The fourth-order valence-electron chi connectivity index (χ4n) is 3.56. The van der Waals surface area contributed by atoms with Gasteiger partial charge in [0.1, 0.15) is 0 Å². The van der Waals surface area contributed by atoms with Crippen molar-refractivity contribution in [3.05, 3.63) is 76.6 Å². The molecule has 0 aliphatic carbocycles. The summed E-state index contributed by atoms with van der Waals surface area (Å²) in [4.78, 5) is 12.5. The third kappa shape index (κ3) is 4.97. The molecule has 0 saturated heterocycles. The number of aryl methyl sites for hydroxylation is 2. The van der Waals surface area contributed by atoms with Crippen molar-refractivity contribution in [1.29, 1.82) is 0 Å². The van der Waals surface area contributed by atoms with Crippen LogP contribution in [-0.4, -0.2) is 28.9 Å². The topological polar surface area (TPSA) is 65.4 Å². The van der Waals surface area contributed by atoms with Crippen LogP contribution in [0.2, 0.25) is 0 Å². The van der Waals surface area contributed by atoms with Crippen molar-refractivity contribution in [2.24, 2.45) is 0 Å². The van der Waals surface area contributed by atoms with Gasteiger partial charge in [-0.25, -0.2) is 0 Å². The summed E-state index contributed by atoms with van der Waals surface area (Å²) in [7, 11) is 0. The molecule has 0 unspecified atom stereocenters. The molecular weight excluding hydrogens is 390 g/mol. The van der Waals surface area contributed by atoms with Gasteiger partial charge < -0.3 is 14.8 Å². The van der Waals surface area contributed by atoms with Crippen molar-refractivity contribution < 1.29 is 14.3 Å². The molecule has 6 heteroatoms. The first-order chi connectivity index (χ1) is 15.0. The SMILES string of the molecule is Cc1ccc(Cn2nc(C)c(/C=C/C(=O)Nc3ccc4c(c3)OCCCO4)c2C)cc1. The van der Waals surface area contributed by atoms with Crippen molar-refractivity contribution in [3.8, 4) is 11.5 Å². The van der Waals surface area contributed by atoms with Gasteiger partial charge in [-0.15, -0.1) is 0 Å². The van der Waals surface area contributed by atoms with E-state index in [-0.39, 0.29) is 5.91 Å². The molecule has 1 amide bonds. The van der Waals surface area contributed by atoms with Crippen LogP contribution in [0.3, 0.4) is 0 Å². The number of rotatable bonds is 5. The second-order valence-corrected chi connectivity index (χ2v) is 7.76. The van der Waals surface area contributed by atoms with E-state index in [0.29, 0.717) is 36.9 Å². The van der Waals surface area contributed by atoms with Gasteiger partial charge in [0.05, 0.1) is 25.5 Å². The summed E-state index contributed by atoms with van der Waals surface area (Å²) < 4.78 is 13.3. The van der Waals surface area contributed by atoms with Crippen molar-refractivity contribution in [2.75, 3.05) is 18.5 Å². The van der Waals surface area contributed by atoms with E-state index in [1.165, 1.54) is 17.2 Å². The van der Waals surface area contributed by atoms with Gasteiger partial charge in [-0.2, -0.15) is 5.10 Å². The van der Waals surface area contributed by atoms with Crippen LogP contribution < -0.4 is 14.8 Å². The summed E-state index contributed by atoms with van der Waals surface area (Å²) in [6.45, 7) is 8.00. The molecule has 160 valence electrons. The standard InChI is InChI=1S/C25H27N3O3/c1-17-5-7-20(8-6-17)16-28-19(3)22(18(2)27-28)10-12-25(29)26-21-9-11-23-24(15-21)31-14-4-13-30-23/h5-12,15H,4,13-14,16H2,1-3H3,(H,26,29)/b12-10+. The number of amides is 1. The lowest BCUT2D eigenvalue weighted by molar-refractivity contribution is -0.111. The van der Waals surface area contributed by atoms with Gasteiger partial charge in [0.2, 0.25) is 5.91 Å². The minimum Gasteiger partial charge on any atom is -0.490 e. The molecule has 2 heterocycles. The molecule has 4 rings (SSSR count). The summed E-state index contributed by atoms with van der Waals surface area (Å²) in [5, 5.41) is 7.54. The molecule has 0 fully saturated rings. The van der Waals surface area contributed by atoms with E-state index < -0.39 is 0 Å². The first-order valence-corrected chi connectivity index (χ1v) is 10.5. The summed E-state index contributed by atoms with van der Waals surface area (Å²) >= 11 is 0. The Kier molecular flexibility index (Phi) is 6.07. The van der Waals surface area contributed by atoms with Crippen LogP contribution in [0.15, 0.2) is 48.5 Å². The third-order valence-corrected chi connectivity index (χ3v) is 5.31. The number of nitrogens with zero attached hydrogens (tertiary/aromatic N) is 2. The van der Waals surface area contributed by atoms with E-state index in [1.807, 2.05) is 36.7 Å². The van der Waals surface area contributed by atoms with Crippen LogP contribution in [0, 0.1) is 20.8 Å². The van der Waals surface area contributed by atoms with Gasteiger partial charge >= 0.3 is 0 Å². The molecule has 1 N–H and O–H groups in total. The summed E-state index contributed by atoms with van der Waals surface area (Å²) in [6.07, 6.45) is 4.20. The number of nitrogens with one attached hydrogen (secondary N) is 1. The number of hydrogen-bond donors (Lipinski definition) is 1. The summed E-state index contributed by atoms with van der Waals surface area (Å²) in [6, 6.07) is 13.9. The lowest BCUT2D eigenvalue weighted by atomic mass is 10.1. The van der Waals surface area contributed by atoms with Crippen molar-refractivity contribution >= 4 is 17.7 Å². The molecule has 1 aliphatic rings. The number of aromatic nitrogens is 2. The maximum Gasteiger partial charge on any atom is 0.248 e. The molecule has 2 aromatic carbocycles. The average Bonchev–Trinajstić information content (AvgIpc) is 2.91. The minimum atomic E-state index is -0.209. The lowest BCUT2D eigenvalue weighted by Crippen LogP contribution is -2.08. The lowest BCUT2D eigenvalue weighted by Gasteiger charge is -2.09. The Balaban J connectivity index is 1.44. The van der Waals surface area contributed by atoms with E-state index in [9.17, 15) is 4.79 Å². The first kappa shape index (κ1) is 20.7. The minimum absolute atomic E-state index is 0.209. The number of benzene rings is 2. The van der Waals surface area contributed by atoms with Crippen molar-refractivity contribution in [3.63, 3.8) is 0 Å². The van der Waals surface area contributed by atoms with E-state index in [0.717, 1.165) is 23.4 Å². The molecule has 0 spiro atoms. The highest BCUT2D eigenvalue weighted by Crippen LogP contribution is 2.32. The number of hydrogen-bond acceptors (Lipinski definition) is 4. The highest BCUT2D eigenvalue weighted by atomic mass is 16.5. The van der Waals surface area contributed by atoms with Crippen LogP contribution in [-0.2, 0) is 11.3 Å². The molecular formula is C25H27N3O3. The molecule has 6 nitrogen and oxygen atoms in total. The van der Waals surface area contributed by atoms with E-state index in [1.54, 1.807) is 6.07 Å². The number of carbonyl (C=O) groups excluding carboxylic acids is 1. The van der Waals surface area contributed by atoms with Gasteiger partial charge in [-0.3, -0.25) is 9.48 Å². The zero-order chi connectivity index (χ0) is 21.8. The molecule has 1 aromatic heterocycles. The van der Waals surface area contributed by atoms with E-state index in [4.69, 9.17) is 9.47 Å². The highest BCUT2D eigenvalue weighted by Gasteiger charge is 2.12. The summed E-state index contributed by atoms with van der Waals surface area (Å²) in [5.41, 5.74) is 5.98. The van der Waals surface area contributed by atoms with Crippen LogP contribution in [0.5, 0.6) is 11.5 Å². The van der Waals surface area contributed by atoms with Crippen LogP contribution in [0.1, 0.15) is 34.5 Å². The Hall–Kier alpha value is -3.54. The maximum atomic E-state index is 12.5. The Morgan fingerprint density at radius 1 is 1.06 bits per heavy atom. The van der Waals surface area contributed by atoms with Crippen LogP contribution in [0.25, 0.3) is 6.08 Å². The normalized spacial score (nSPS) is 13.3. The smallest absolute Gasteiger partial charge is 0.248 e. The summed E-state index contributed by atoms with van der Waals surface area (Å²) in [5.74, 6) is 1.15. The predicted octanol–water partition coefficient (Wildman–Crippen LogP) is 4.67. The Bertz CT molecular complexity index is 1110. The van der Waals surface area contributed by atoms with Crippen molar-refractivity contribution in [2.45, 2.75) is 33.7 Å². The number of anilines is 1. The zero-order valence-electron chi connectivity index (χ0n) is 18.1. The Labute approximate surface area is 182 Å². The molecule has 31 heavy (non-hydrogen) atoms. The van der Waals surface area contributed by atoms with Gasteiger partial charge in [-0.05, 0) is 44.5 Å². The van der Waals surface area contributed by atoms with Crippen molar-refractivity contribution in [1.82, 2.24) is 9.78 Å². The largest absolute Gasteiger partial charge is 0.490 e. The zero-order valence-corrected chi connectivity index (χ0v) is 18.1. The Morgan fingerprint density at radius 3 is 2.58 bits per heavy atom. The van der Waals surface area contributed by atoms with Crippen LogP contribution >= 0.6 is 0 Å². The molecule has 3 aromatic rings.